The fraction of sp³-hybridized carbons (Fsp3) is 0.273. The van der Waals surface area contributed by atoms with Gasteiger partial charge in [-0.2, -0.15) is 4.99 Å². The van der Waals surface area contributed by atoms with Crippen molar-refractivity contribution >= 4 is 23.3 Å². The van der Waals surface area contributed by atoms with E-state index in [1.54, 1.807) is 7.11 Å². The van der Waals surface area contributed by atoms with Crippen molar-refractivity contribution in [3.8, 4) is 0 Å². The molecule has 0 N–H and O–H groups in total. The standard InChI is InChI=1S/C11H11ClN2O/c1-15-10-7-9(12)13-11(14-10)8-5-3-2-4-6-8/h2-6,9H,7H2,1H3. The van der Waals surface area contributed by atoms with Crippen LogP contribution in [0, 0.1) is 0 Å². The van der Waals surface area contributed by atoms with Crippen molar-refractivity contribution < 1.29 is 4.74 Å². The lowest BCUT2D eigenvalue weighted by molar-refractivity contribution is 0.388. The minimum absolute atomic E-state index is 0.285. The molecule has 1 heterocycles. The third-order valence-electron chi connectivity index (χ3n) is 2.10. The largest absolute Gasteiger partial charge is 0.484 e. The average Bonchev–Trinajstić information content (AvgIpc) is 2.29. The Morgan fingerprint density at radius 3 is 2.73 bits per heavy atom. The number of halogens is 1. The Morgan fingerprint density at radius 1 is 1.33 bits per heavy atom. The molecule has 2 rings (SSSR count). The smallest absolute Gasteiger partial charge is 0.193 e. The summed E-state index contributed by atoms with van der Waals surface area (Å²) >= 11 is 5.99. The first kappa shape index (κ1) is 10.2. The zero-order valence-corrected chi connectivity index (χ0v) is 9.11. The van der Waals surface area contributed by atoms with Gasteiger partial charge in [-0.05, 0) is 0 Å². The molecular formula is C11H11ClN2O. The zero-order valence-electron chi connectivity index (χ0n) is 8.35. The van der Waals surface area contributed by atoms with Crippen molar-refractivity contribution in [1.82, 2.24) is 0 Å². The van der Waals surface area contributed by atoms with E-state index < -0.39 is 0 Å². The van der Waals surface area contributed by atoms with Gasteiger partial charge in [0.25, 0.3) is 0 Å². The van der Waals surface area contributed by atoms with Gasteiger partial charge in [-0.25, -0.2) is 4.99 Å². The summed E-state index contributed by atoms with van der Waals surface area (Å²) in [6.45, 7) is 0. The molecule has 1 unspecified atom stereocenters. The molecule has 0 saturated heterocycles. The van der Waals surface area contributed by atoms with Crippen molar-refractivity contribution in [2.75, 3.05) is 7.11 Å². The summed E-state index contributed by atoms with van der Waals surface area (Å²) in [6.07, 6.45) is 0.550. The SMILES string of the molecule is COC1=NC(c2ccccc2)=NC(Cl)C1. The van der Waals surface area contributed by atoms with E-state index in [-0.39, 0.29) is 5.50 Å². The van der Waals surface area contributed by atoms with Gasteiger partial charge in [-0.1, -0.05) is 41.9 Å². The number of nitrogens with zero attached hydrogens (tertiary/aromatic N) is 2. The highest BCUT2D eigenvalue weighted by Gasteiger charge is 2.17. The summed E-state index contributed by atoms with van der Waals surface area (Å²) in [5.41, 5.74) is 0.671. The second kappa shape index (κ2) is 4.45. The van der Waals surface area contributed by atoms with Crippen LogP contribution in [0.5, 0.6) is 0 Å². The quantitative estimate of drug-likeness (QED) is 0.531. The molecule has 78 valence electrons. The Kier molecular flexibility index (Phi) is 3.02. The fourth-order valence-corrected chi connectivity index (χ4v) is 1.59. The molecular weight excluding hydrogens is 212 g/mol. The van der Waals surface area contributed by atoms with Crippen LogP contribution in [0.3, 0.4) is 0 Å². The number of hydrogen-bond acceptors (Lipinski definition) is 3. The molecule has 3 nitrogen and oxygen atoms in total. The summed E-state index contributed by atoms with van der Waals surface area (Å²) in [4.78, 5) is 8.55. The fourth-order valence-electron chi connectivity index (χ4n) is 1.37. The second-order valence-corrected chi connectivity index (χ2v) is 3.67. The molecule has 1 aromatic rings. The lowest BCUT2D eigenvalue weighted by Crippen LogP contribution is -2.18. The second-order valence-electron chi connectivity index (χ2n) is 3.17. The number of aliphatic imine (C=N–C) groups is 2. The van der Waals surface area contributed by atoms with Gasteiger partial charge in [0.05, 0.1) is 13.5 Å². The molecule has 0 aromatic heterocycles. The van der Waals surface area contributed by atoms with Crippen LogP contribution < -0.4 is 0 Å². The molecule has 0 fully saturated rings. The minimum Gasteiger partial charge on any atom is -0.484 e. The van der Waals surface area contributed by atoms with E-state index >= 15 is 0 Å². The molecule has 0 spiro atoms. The van der Waals surface area contributed by atoms with Gasteiger partial charge < -0.3 is 4.74 Å². The minimum atomic E-state index is -0.285. The predicted molar refractivity (Wildman–Crippen MR) is 61.7 cm³/mol. The lowest BCUT2D eigenvalue weighted by Gasteiger charge is -2.14. The summed E-state index contributed by atoms with van der Waals surface area (Å²) in [7, 11) is 1.59. The van der Waals surface area contributed by atoms with E-state index in [1.807, 2.05) is 30.3 Å². The molecule has 1 atom stereocenters. The van der Waals surface area contributed by atoms with Crippen LogP contribution in [-0.4, -0.2) is 24.3 Å². The van der Waals surface area contributed by atoms with Gasteiger partial charge >= 0.3 is 0 Å². The molecule has 4 heteroatoms. The van der Waals surface area contributed by atoms with E-state index in [0.717, 1.165) is 5.56 Å². The molecule has 1 aromatic carbocycles. The first-order chi connectivity index (χ1) is 7.29. The molecule has 0 aliphatic carbocycles. The molecule has 0 bridgehead atoms. The molecule has 1 aliphatic rings. The highest BCUT2D eigenvalue weighted by Crippen LogP contribution is 2.15. The summed E-state index contributed by atoms with van der Waals surface area (Å²) in [5.74, 6) is 1.27. The summed E-state index contributed by atoms with van der Waals surface area (Å²) in [5, 5.41) is 0. The Hall–Kier alpha value is -1.35. The Morgan fingerprint density at radius 2 is 2.07 bits per heavy atom. The van der Waals surface area contributed by atoms with Crippen molar-refractivity contribution in [3.63, 3.8) is 0 Å². The topological polar surface area (TPSA) is 34.0 Å². The van der Waals surface area contributed by atoms with Crippen LogP contribution >= 0.6 is 11.6 Å². The van der Waals surface area contributed by atoms with Crippen LogP contribution in [0.2, 0.25) is 0 Å². The van der Waals surface area contributed by atoms with Crippen LogP contribution in [0.1, 0.15) is 12.0 Å². The third kappa shape index (κ3) is 2.36. The number of benzene rings is 1. The maximum Gasteiger partial charge on any atom is 0.193 e. The number of amidine groups is 1. The van der Waals surface area contributed by atoms with Crippen molar-refractivity contribution in [3.05, 3.63) is 35.9 Å². The van der Waals surface area contributed by atoms with Crippen molar-refractivity contribution in [2.45, 2.75) is 11.9 Å². The average molecular weight is 223 g/mol. The Balaban J connectivity index is 2.33. The number of rotatable bonds is 1. The Labute approximate surface area is 93.5 Å². The number of methoxy groups -OCH3 is 1. The van der Waals surface area contributed by atoms with E-state index in [9.17, 15) is 0 Å². The van der Waals surface area contributed by atoms with E-state index in [1.165, 1.54) is 0 Å². The highest BCUT2D eigenvalue weighted by atomic mass is 35.5. The summed E-state index contributed by atoms with van der Waals surface area (Å²) < 4.78 is 5.10. The molecule has 0 saturated carbocycles. The van der Waals surface area contributed by atoms with Gasteiger partial charge in [-0.3, -0.25) is 0 Å². The van der Waals surface area contributed by atoms with Gasteiger partial charge in [0.1, 0.15) is 5.50 Å². The number of alkyl halides is 1. The van der Waals surface area contributed by atoms with E-state index in [4.69, 9.17) is 16.3 Å². The van der Waals surface area contributed by atoms with Crippen LogP contribution in [0.25, 0.3) is 0 Å². The summed E-state index contributed by atoms with van der Waals surface area (Å²) in [6, 6.07) is 9.73. The van der Waals surface area contributed by atoms with Crippen molar-refractivity contribution in [2.24, 2.45) is 9.98 Å². The zero-order chi connectivity index (χ0) is 10.7. The van der Waals surface area contributed by atoms with Crippen molar-refractivity contribution in [1.29, 1.82) is 0 Å². The molecule has 0 radical (unpaired) electrons. The van der Waals surface area contributed by atoms with Crippen LogP contribution in [0.4, 0.5) is 0 Å². The normalized spacial score (nSPS) is 20.5. The van der Waals surface area contributed by atoms with E-state index in [0.29, 0.717) is 18.2 Å². The Bertz CT molecular complexity index is 400. The first-order valence-corrected chi connectivity index (χ1v) is 5.12. The number of hydrogen-bond donors (Lipinski definition) is 0. The molecule has 15 heavy (non-hydrogen) atoms. The highest BCUT2D eigenvalue weighted by molar-refractivity contribution is 6.24. The molecule has 0 amide bonds. The van der Waals surface area contributed by atoms with Gasteiger partial charge in [0.15, 0.2) is 11.7 Å². The first-order valence-electron chi connectivity index (χ1n) is 4.68. The van der Waals surface area contributed by atoms with Crippen LogP contribution in [0.15, 0.2) is 40.3 Å². The molecule has 1 aliphatic heterocycles. The van der Waals surface area contributed by atoms with Gasteiger partial charge in [0, 0.05) is 5.56 Å². The van der Waals surface area contributed by atoms with Gasteiger partial charge in [-0.15, -0.1) is 0 Å². The third-order valence-corrected chi connectivity index (χ3v) is 2.36. The monoisotopic (exact) mass is 222 g/mol. The predicted octanol–water partition coefficient (Wildman–Crippen LogP) is 2.45. The van der Waals surface area contributed by atoms with Gasteiger partial charge in [0.2, 0.25) is 0 Å². The maximum atomic E-state index is 5.99. The van der Waals surface area contributed by atoms with Crippen LogP contribution in [-0.2, 0) is 4.74 Å². The number of ether oxygens (including phenoxy) is 1. The maximum absolute atomic E-state index is 5.99. The lowest BCUT2D eigenvalue weighted by atomic mass is 10.2. The van der Waals surface area contributed by atoms with E-state index in [2.05, 4.69) is 9.98 Å².